The molecule has 29 heavy (non-hydrogen) atoms. The van der Waals surface area contributed by atoms with E-state index in [-0.39, 0.29) is 18.3 Å². The minimum absolute atomic E-state index is 0.0520. The molecule has 0 radical (unpaired) electrons. The number of thioether (sulfide) groups is 1. The Morgan fingerprint density at radius 1 is 1.07 bits per heavy atom. The van der Waals surface area contributed by atoms with Gasteiger partial charge >= 0.3 is 5.97 Å². The van der Waals surface area contributed by atoms with E-state index in [1.807, 2.05) is 29.2 Å². The first-order valence-corrected chi connectivity index (χ1v) is 10.9. The molecule has 4 rings (SSSR count). The summed E-state index contributed by atoms with van der Waals surface area (Å²) in [5, 5.41) is 1.49. The highest BCUT2D eigenvalue weighted by Gasteiger charge is 2.18. The molecule has 0 bridgehead atoms. The molecule has 1 fully saturated rings. The summed E-state index contributed by atoms with van der Waals surface area (Å²) in [6.07, 6.45) is 7.01. The third-order valence-corrected chi connectivity index (χ3v) is 5.96. The highest BCUT2D eigenvalue weighted by atomic mass is 32.2. The number of nitrogens with zero attached hydrogens (tertiary/aromatic N) is 3. The molecule has 8 heteroatoms. The molecule has 0 saturated carbocycles. The number of carbonyl (C=O) groups excluding carboxylic acids is 2. The number of para-hydroxylation sites is 1. The summed E-state index contributed by atoms with van der Waals surface area (Å²) in [7, 11) is 0. The molecular formula is C21H23N3O4S. The minimum atomic E-state index is -0.446. The maximum absolute atomic E-state index is 12.3. The summed E-state index contributed by atoms with van der Waals surface area (Å²) in [5.74, 6) is -0.513. The van der Waals surface area contributed by atoms with Crippen molar-refractivity contribution in [3.05, 3.63) is 30.6 Å². The van der Waals surface area contributed by atoms with Gasteiger partial charge in [0, 0.05) is 18.5 Å². The standard InChI is InChI=1S/C21H23N3O4S/c25-17(24-10-6-2-1-3-7-11-24)12-27-18(26)13-29-21-20-19(22-14-23-21)15-8-4-5-9-16(15)28-20/h4-5,8-9,14H,1-3,6-7,10-13H2. The third kappa shape index (κ3) is 4.70. The number of carbonyl (C=O) groups is 2. The number of amides is 1. The molecule has 0 atom stereocenters. The summed E-state index contributed by atoms with van der Waals surface area (Å²) >= 11 is 1.22. The van der Waals surface area contributed by atoms with Crippen molar-refractivity contribution in [1.82, 2.24) is 14.9 Å². The van der Waals surface area contributed by atoms with Gasteiger partial charge in [-0.15, -0.1) is 0 Å². The van der Waals surface area contributed by atoms with Gasteiger partial charge in [-0.2, -0.15) is 0 Å². The van der Waals surface area contributed by atoms with E-state index >= 15 is 0 Å². The lowest BCUT2D eigenvalue weighted by atomic mass is 10.1. The van der Waals surface area contributed by atoms with Gasteiger partial charge in [-0.05, 0) is 25.0 Å². The fraction of sp³-hybridized carbons (Fsp3) is 0.429. The van der Waals surface area contributed by atoms with Crippen LogP contribution in [0.4, 0.5) is 0 Å². The third-order valence-electron chi connectivity index (χ3n) is 5.02. The van der Waals surface area contributed by atoms with Crippen LogP contribution in [0.3, 0.4) is 0 Å². The molecule has 7 nitrogen and oxygen atoms in total. The van der Waals surface area contributed by atoms with Gasteiger partial charge in [0.25, 0.3) is 5.91 Å². The largest absolute Gasteiger partial charge is 0.455 e. The normalized spacial score (nSPS) is 15.2. The zero-order valence-electron chi connectivity index (χ0n) is 16.1. The van der Waals surface area contributed by atoms with Crippen LogP contribution in [0.1, 0.15) is 32.1 Å². The van der Waals surface area contributed by atoms with Crippen molar-refractivity contribution in [3.8, 4) is 0 Å². The van der Waals surface area contributed by atoms with Gasteiger partial charge in [-0.25, -0.2) is 9.97 Å². The van der Waals surface area contributed by atoms with Gasteiger partial charge in [0.15, 0.2) is 12.2 Å². The fourth-order valence-electron chi connectivity index (χ4n) is 3.50. The van der Waals surface area contributed by atoms with E-state index in [9.17, 15) is 9.59 Å². The van der Waals surface area contributed by atoms with Gasteiger partial charge < -0.3 is 14.1 Å². The molecule has 0 N–H and O–H groups in total. The predicted octanol–water partition coefficient (Wildman–Crippen LogP) is 3.80. The lowest BCUT2D eigenvalue weighted by Gasteiger charge is -2.24. The summed E-state index contributed by atoms with van der Waals surface area (Å²) in [6.45, 7) is 1.29. The van der Waals surface area contributed by atoms with Crippen molar-refractivity contribution < 1.29 is 18.7 Å². The Morgan fingerprint density at radius 2 is 1.83 bits per heavy atom. The van der Waals surface area contributed by atoms with Gasteiger partial charge in [-0.1, -0.05) is 43.2 Å². The smallest absolute Gasteiger partial charge is 0.316 e. The molecule has 2 aromatic heterocycles. The molecule has 1 amide bonds. The first kappa shape index (κ1) is 19.7. The number of esters is 1. The monoisotopic (exact) mass is 413 g/mol. The molecule has 0 unspecified atom stereocenters. The van der Waals surface area contributed by atoms with E-state index in [1.165, 1.54) is 24.5 Å². The summed E-state index contributed by atoms with van der Waals surface area (Å²) in [4.78, 5) is 34.8. The number of fused-ring (bicyclic) bond motifs is 3. The molecule has 1 aromatic carbocycles. The summed E-state index contributed by atoms with van der Waals surface area (Å²) in [6, 6.07) is 7.63. The van der Waals surface area contributed by atoms with Crippen molar-refractivity contribution in [3.63, 3.8) is 0 Å². The Hall–Kier alpha value is -2.61. The number of likely N-dealkylation sites (tertiary alicyclic amines) is 1. The summed E-state index contributed by atoms with van der Waals surface area (Å²) < 4.78 is 11.1. The van der Waals surface area contributed by atoms with Crippen LogP contribution < -0.4 is 0 Å². The first-order chi connectivity index (χ1) is 14.2. The van der Waals surface area contributed by atoms with Crippen molar-refractivity contribution >= 4 is 45.7 Å². The predicted molar refractivity (Wildman–Crippen MR) is 111 cm³/mol. The van der Waals surface area contributed by atoms with E-state index in [2.05, 4.69) is 9.97 Å². The van der Waals surface area contributed by atoms with Crippen LogP contribution in [-0.2, 0) is 14.3 Å². The second-order valence-corrected chi connectivity index (χ2v) is 8.02. The van der Waals surface area contributed by atoms with Gasteiger partial charge in [0.2, 0.25) is 0 Å². The lowest BCUT2D eigenvalue weighted by Crippen LogP contribution is -2.37. The molecule has 152 valence electrons. The van der Waals surface area contributed by atoms with Gasteiger partial charge in [0.05, 0.1) is 5.75 Å². The zero-order valence-corrected chi connectivity index (χ0v) is 17.0. The molecular weight excluding hydrogens is 390 g/mol. The number of hydrogen-bond donors (Lipinski definition) is 0. The quantitative estimate of drug-likeness (QED) is 0.357. The second kappa shape index (κ2) is 9.26. The molecule has 3 heterocycles. The number of ether oxygens (including phenoxy) is 1. The van der Waals surface area contributed by atoms with Crippen molar-refractivity contribution in [2.45, 2.75) is 37.1 Å². The Bertz CT molecular complexity index is 1010. The Labute approximate surface area is 172 Å². The van der Waals surface area contributed by atoms with Crippen molar-refractivity contribution in [2.75, 3.05) is 25.4 Å². The van der Waals surface area contributed by atoms with Crippen LogP contribution in [-0.4, -0.2) is 52.2 Å². The molecule has 3 aromatic rings. The van der Waals surface area contributed by atoms with Gasteiger partial charge in [0.1, 0.15) is 22.5 Å². The molecule has 1 saturated heterocycles. The maximum Gasteiger partial charge on any atom is 0.316 e. The van der Waals surface area contributed by atoms with E-state index < -0.39 is 5.97 Å². The average Bonchev–Trinajstić information content (AvgIpc) is 3.09. The topological polar surface area (TPSA) is 85.5 Å². The summed E-state index contributed by atoms with van der Waals surface area (Å²) in [5.41, 5.74) is 2.01. The first-order valence-electron chi connectivity index (χ1n) is 9.91. The Kier molecular flexibility index (Phi) is 6.29. The number of hydrogen-bond acceptors (Lipinski definition) is 7. The maximum atomic E-state index is 12.3. The van der Waals surface area contributed by atoms with E-state index in [0.29, 0.717) is 10.6 Å². The van der Waals surface area contributed by atoms with Crippen LogP contribution >= 0.6 is 11.8 Å². The fourth-order valence-corrected chi connectivity index (χ4v) is 4.23. The number of furan rings is 1. The number of aromatic nitrogens is 2. The van der Waals surface area contributed by atoms with Gasteiger partial charge in [-0.3, -0.25) is 9.59 Å². The average molecular weight is 413 g/mol. The van der Waals surface area contributed by atoms with Crippen LogP contribution in [0.15, 0.2) is 40.0 Å². The van der Waals surface area contributed by atoms with E-state index in [1.54, 1.807) is 0 Å². The highest BCUT2D eigenvalue weighted by Crippen LogP contribution is 2.32. The zero-order chi connectivity index (χ0) is 20.1. The van der Waals surface area contributed by atoms with Crippen molar-refractivity contribution in [2.24, 2.45) is 0 Å². The van der Waals surface area contributed by atoms with Crippen LogP contribution in [0, 0.1) is 0 Å². The lowest BCUT2D eigenvalue weighted by molar-refractivity contribution is -0.150. The number of rotatable bonds is 5. The van der Waals surface area contributed by atoms with Crippen molar-refractivity contribution in [1.29, 1.82) is 0 Å². The molecule has 0 aliphatic carbocycles. The van der Waals surface area contributed by atoms with Crippen LogP contribution in [0.2, 0.25) is 0 Å². The highest BCUT2D eigenvalue weighted by molar-refractivity contribution is 8.00. The van der Waals surface area contributed by atoms with E-state index in [4.69, 9.17) is 9.15 Å². The SMILES string of the molecule is O=C(CSc1ncnc2c1oc1ccccc12)OCC(=O)N1CCCCCCC1. The second-order valence-electron chi connectivity index (χ2n) is 7.05. The van der Waals surface area contributed by atoms with E-state index in [0.717, 1.165) is 55.3 Å². The van der Waals surface area contributed by atoms with Crippen LogP contribution in [0.5, 0.6) is 0 Å². The minimum Gasteiger partial charge on any atom is -0.455 e. The molecule has 1 aliphatic rings. The Balaban J connectivity index is 1.33. The Morgan fingerprint density at radius 3 is 2.66 bits per heavy atom. The number of benzene rings is 1. The molecule has 1 aliphatic heterocycles. The van der Waals surface area contributed by atoms with Crippen LogP contribution in [0.25, 0.3) is 22.1 Å². The molecule has 0 spiro atoms.